The van der Waals surface area contributed by atoms with E-state index in [1.807, 2.05) is 13.0 Å². The van der Waals surface area contributed by atoms with Gasteiger partial charge in [0, 0.05) is 23.4 Å². The zero-order chi connectivity index (χ0) is 14.0. The molecule has 1 aromatic carbocycles. The van der Waals surface area contributed by atoms with Gasteiger partial charge in [-0.15, -0.1) is 0 Å². The van der Waals surface area contributed by atoms with E-state index in [0.29, 0.717) is 12.0 Å². The third kappa shape index (κ3) is 3.06. The minimum absolute atomic E-state index is 0.201. The van der Waals surface area contributed by atoms with Gasteiger partial charge in [-0.05, 0) is 51.2 Å². The van der Waals surface area contributed by atoms with E-state index < -0.39 is 0 Å². The summed E-state index contributed by atoms with van der Waals surface area (Å²) in [5.41, 5.74) is 2.90. The summed E-state index contributed by atoms with van der Waals surface area (Å²) in [6.07, 6.45) is 5.15. The van der Waals surface area contributed by atoms with Crippen molar-refractivity contribution in [3.8, 4) is 0 Å². The standard InChI is InChI=1S/C15H22N2O2/c1-10-8-11(2)15(17(18)19)9-14(10)16-12(3)13-6-4-5-7-13/h8-9,12-13,16H,4-7H2,1-3H3. The number of benzene rings is 1. The van der Waals surface area contributed by atoms with Gasteiger partial charge in [0.25, 0.3) is 5.69 Å². The lowest BCUT2D eigenvalue weighted by molar-refractivity contribution is -0.385. The van der Waals surface area contributed by atoms with E-state index in [9.17, 15) is 10.1 Å². The largest absolute Gasteiger partial charge is 0.382 e. The number of nitrogens with one attached hydrogen (secondary N) is 1. The molecule has 0 spiro atoms. The Labute approximate surface area is 114 Å². The van der Waals surface area contributed by atoms with Crippen LogP contribution in [0.15, 0.2) is 12.1 Å². The maximum atomic E-state index is 11.0. The van der Waals surface area contributed by atoms with Crippen molar-refractivity contribution < 1.29 is 4.92 Å². The van der Waals surface area contributed by atoms with Crippen molar-refractivity contribution in [2.24, 2.45) is 5.92 Å². The number of anilines is 1. The lowest BCUT2D eigenvalue weighted by Crippen LogP contribution is -2.24. The molecule has 1 unspecified atom stereocenters. The van der Waals surface area contributed by atoms with Crippen LogP contribution in [0.4, 0.5) is 11.4 Å². The molecule has 1 aromatic rings. The van der Waals surface area contributed by atoms with E-state index >= 15 is 0 Å². The first-order chi connectivity index (χ1) is 8.99. The topological polar surface area (TPSA) is 55.2 Å². The highest BCUT2D eigenvalue weighted by Gasteiger charge is 2.22. The zero-order valence-electron chi connectivity index (χ0n) is 11.9. The fourth-order valence-electron chi connectivity index (χ4n) is 3.01. The molecule has 0 amide bonds. The molecule has 104 valence electrons. The summed E-state index contributed by atoms with van der Waals surface area (Å²) in [6.45, 7) is 5.97. The van der Waals surface area contributed by atoms with E-state index in [-0.39, 0.29) is 10.6 Å². The van der Waals surface area contributed by atoms with E-state index in [4.69, 9.17) is 0 Å². The van der Waals surface area contributed by atoms with Gasteiger partial charge in [-0.3, -0.25) is 10.1 Å². The highest BCUT2D eigenvalue weighted by molar-refractivity contribution is 5.60. The van der Waals surface area contributed by atoms with Crippen molar-refractivity contribution in [1.82, 2.24) is 0 Å². The van der Waals surface area contributed by atoms with Crippen molar-refractivity contribution in [2.45, 2.75) is 52.5 Å². The number of hydrogen-bond donors (Lipinski definition) is 1. The maximum Gasteiger partial charge on any atom is 0.274 e. The monoisotopic (exact) mass is 262 g/mol. The molecule has 2 rings (SSSR count). The second kappa shape index (κ2) is 5.59. The number of nitro benzene ring substituents is 1. The van der Waals surface area contributed by atoms with Crippen LogP contribution >= 0.6 is 0 Å². The number of aryl methyl sites for hydroxylation is 2. The normalized spacial score (nSPS) is 17.4. The first-order valence-corrected chi connectivity index (χ1v) is 7.01. The predicted molar refractivity (Wildman–Crippen MR) is 77.6 cm³/mol. The smallest absolute Gasteiger partial charge is 0.274 e. The molecule has 1 atom stereocenters. The Morgan fingerprint density at radius 2 is 1.89 bits per heavy atom. The van der Waals surface area contributed by atoms with Crippen molar-refractivity contribution in [3.05, 3.63) is 33.4 Å². The lowest BCUT2D eigenvalue weighted by atomic mass is 9.98. The van der Waals surface area contributed by atoms with Gasteiger partial charge in [0.1, 0.15) is 0 Å². The fourth-order valence-corrected chi connectivity index (χ4v) is 3.01. The molecule has 1 aliphatic rings. The number of rotatable bonds is 4. The van der Waals surface area contributed by atoms with E-state index in [0.717, 1.165) is 16.8 Å². The molecule has 0 bridgehead atoms. The number of hydrogen-bond acceptors (Lipinski definition) is 3. The molecule has 4 heteroatoms. The fraction of sp³-hybridized carbons (Fsp3) is 0.600. The summed E-state index contributed by atoms with van der Waals surface area (Å²) >= 11 is 0. The minimum atomic E-state index is -0.305. The van der Waals surface area contributed by atoms with Crippen LogP contribution in [0.5, 0.6) is 0 Å². The molecular weight excluding hydrogens is 240 g/mol. The molecule has 1 fully saturated rings. The van der Waals surface area contributed by atoms with Gasteiger partial charge in [-0.2, -0.15) is 0 Å². The van der Waals surface area contributed by atoms with Crippen LogP contribution in [-0.4, -0.2) is 11.0 Å². The Bertz CT molecular complexity index is 479. The molecule has 0 aliphatic heterocycles. The molecule has 1 aliphatic carbocycles. The number of nitro groups is 1. The van der Waals surface area contributed by atoms with Crippen LogP contribution in [0, 0.1) is 29.9 Å². The second-order valence-electron chi connectivity index (χ2n) is 5.69. The van der Waals surface area contributed by atoms with Crippen LogP contribution < -0.4 is 5.32 Å². The molecule has 0 heterocycles. The van der Waals surface area contributed by atoms with Gasteiger partial charge in [0.15, 0.2) is 0 Å². The first kappa shape index (κ1) is 13.8. The Hall–Kier alpha value is -1.58. The van der Waals surface area contributed by atoms with Crippen molar-refractivity contribution in [2.75, 3.05) is 5.32 Å². The van der Waals surface area contributed by atoms with Gasteiger partial charge in [-0.25, -0.2) is 0 Å². The third-order valence-corrected chi connectivity index (χ3v) is 4.23. The van der Waals surface area contributed by atoms with Crippen molar-refractivity contribution in [3.63, 3.8) is 0 Å². The lowest BCUT2D eigenvalue weighted by Gasteiger charge is -2.22. The first-order valence-electron chi connectivity index (χ1n) is 7.01. The number of nitrogens with zero attached hydrogens (tertiary/aromatic N) is 1. The zero-order valence-corrected chi connectivity index (χ0v) is 11.9. The summed E-state index contributed by atoms with van der Waals surface area (Å²) < 4.78 is 0. The Balaban J connectivity index is 2.19. The average Bonchev–Trinajstić information content (AvgIpc) is 2.85. The average molecular weight is 262 g/mol. The van der Waals surface area contributed by atoms with Gasteiger partial charge >= 0.3 is 0 Å². The van der Waals surface area contributed by atoms with Gasteiger partial charge in [-0.1, -0.05) is 12.8 Å². The highest BCUT2D eigenvalue weighted by atomic mass is 16.6. The molecule has 4 nitrogen and oxygen atoms in total. The van der Waals surface area contributed by atoms with Gasteiger partial charge in [0.05, 0.1) is 4.92 Å². The van der Waals surface area contributed by atoms with Gasteiger partial charge < -0.3 is 5.32 Å². The van der Waals surface area contributed by atoms with E-state index in [1.54, 1.807) is 13.0 Å². The second-order valence-corrected chi connectivity index (χ2v) is 5.69. The quantitative estimate of drug-likeness (QED) is 0.653. The molecule has 1 N–H and O–H groups in total. The van der Waals surface area contributed by atoms with E-state index in [2.05, 4.69) is 12.2 Å². The Morgan fingerprint density at radius 1 is 1.26 bits per heavy atom. The summed E-state index contributed by atoms with van der Waals surface area (Å²) in [6, 6.07) is 3.95. The van der Waals surface area contributed by atoms with Crippen molar-refractivity contribution >= 4 is 11.4 Å². The molecule has 1 saturated carbocycles. The molecule has 0 aromatic heterocycles. The van der Waals surface area contributed by atoms with Crippen LogP contribution in [0.2, 0.25) is 0 Å². The Kier molecular flexibility index (Phi) is 4.08. The molecule has 0 saturated heterocycles. The minimum Gasteiger partial charge on any atom is -0.382 e. The highest BCUT2D eigenvalue weighted by Crippen LogP contribution is 2.32. The van der Waals surface area contributed by atoms with Gasteiger partial charge in [0.2, 0.25) is 0 Å². The van der Waals surface area contributed by atoms with Crippen LogP contribution in [0.3, 0.4) is 0 Å². The summed E-state index contributed by atoms with van der Waals surface area (Å²) in [5.74, 6) is 0.694. The van der Waals surface area contributed by atoms with Crippen molar-refractivity contribution in [1.29, 1.82) is 0 Å². The summed E-state index contributed by atoms with van der Waals surface area (Å²) in [5, 5.41) is 14.5. The summed E-state index contributed by atoms with van der Waals surface area (Å²) in [4.78, 5) is 10.7. The molecular formula is C15H22N2O2. The Morgan fingerprint density at radius 3 is 2.47 bits per heavy atom. The summed E-state index contributed by atoms with van der Waals surface area (Å²) in [7, 11) is 0. The van der Waals surface area contributed by atoms with E-state index in [1.165, 1.54) is 25.7 Å². The SMILES string of the molecule is Cc1cc(C)c([N+](=O)[O-])cc1NC(C)C1CCCC1. The van der Waals surface area contributed by atoms with Crippen LogP contribution in [-0.2, 0) is 0 Å². The van der Waals surface area contributed by atoms with Crippen LogP contribution in [0.25, 0.3) is 0 Å². The predicted octanol–water partition coefficient (Wildman–Crippen LogP) is 4.20. The molecule has 0 radical (unpaired) electrons. The molecule has 19 heavy (non-hydrogen) atoms. The maximum absolute atomic E-state index is 11.0. The third-order valence-electron chi connectivity index (χ3n) is 4.23. The van der Waals surface area contributed by atoms with Crippen LogP contribution in [0.1, 0.15) is 43.7 Å².